The summed E-state index contributed by atoms with van der Waals surface area (Å²) in [6.07, 6.45) is 1.96. The van der Waals surface area contributed by atoms with E-state index in [0.29, 0.717) is 23.6 Å². The molecule has 6 nitrogen and oxygen atoms in total. The van der Waals surface area contributed by atoms with E-state index in [9.17, 15) is 9.59 Å². The summed E-state index contributed by atoms with van der Waals surface area (Å²) in [4.78, 5) is 24.8. The molecule has 0 atom stereocenters. The summed E-state index contributed by atoms with van der Waals surface area (Å²) in [6, 6.07) is 12.5. The van der Waals surface area contributed by atoms with Gasteiger partial charge in [0.2, 0.25) is 6.79 Å². The SMILES string of the molecule is CSc1ccc(C(=O)OCC(=O)NCc2ccc3c(c2)OCO3)cc1. The quantitative estimate of drug-likeness (QED) is 0.631. The van der Waals surface area contributed by atoms with Crippen LogP contribution in [0.3, 0.4) is 0 Å². The Morgan fingerprint density at radius 2 is 1.88 bits per heavy atom. The molecule has 1 heterocycles. The summed E-state index contributed by atoms with van der Waals surface area (Å²) in [5.41, 5.74) is 1.29. The van der Waals surface area contributed by atoms with Crippen LogP contribution in [0.25, 0.3) is 0 Å². The third-order valence-corrected chi connectivity index (χ3v) is 4.33. The van der Waals surface area contributed by atoms with Crippen LogP contribution >= 0.6 is 11.8 Å². The third-order valence-electron chi connectivity index (χ3n) is 3.59. The van der Waals surface area contributed by atoms with Gasteiger partial charge in [0.25, 0.3) is 5.91 Å². The minimum atomic E-state index is -0.522. The number of fused-ring (bicyclic) bond motifs is 1. The molecular weight excluding hydrogens is 342 g/mol. The van der Waals surface area contributed by atoms with Gasteiger partial charge in [0.05, 0.1) is 5.56 Å². The van der Waals surface area contributed by atoms with Crippen molar-refractivity contribution in [1.82, 2.24) is 5.32 Å². The van der Waals surface area contributed by atoms with Gasteiger partial charge in [-0.25, -0.2) is 4.79 Å². The molecule has 1 aliphatic rings. The Balaban J connectivity index is 1.45. The summed E-state index contributed by atoms with van der Waals surface area (Å²) in [6.45, 7) is 0.197. The number of thioether (sulfide) groups is 1. The molecule has 7 heteroatoms. The fourth-order valence-electron chi connectivity index (χ4n) is 2.24. The number of benzene rings is 2. The molecule has 3 rings (SSSR count). The first kappa shape index (κ1) is 17.2. The second kappa shape index (κ2) is 7.94. The van der Waals surface area contributed by atoms with Crippen LogP contribution in [-0.2, 0) is 16.1 Å². The van der Waals surface area contributed by atoms with Gasteiger partial charge >= 0.3 is 5.97 Å². The fourth-order valence-corrected chi connectivity index (χ4v) is 2.65. The molecule has 0 saturated carbocycles. The third kappa shape index (κ3) is 4.45. The van der Waals surface area contributed by atoms with Crippen molar-refractivity contribution in [2.75, 3.05) is 19.7 Å². The highest BCUT2D eigenvalue weighted by atomic mass is 32.2. The van der Waals surface area contributed by atoms with Crippen molar-refractivity contribution in [3.63, 3.8) is 0 Å². The highest BCUT2D eigenvalue weighted by Gasteiger charge is 2.14. The predicted octanol–water partition coefficient (Wildman–Crippen LogP) is 2.61. The Labute approximate surface area is 149 Å². The normalized spacial score (nSPS) is 11.9. The number of hydrogen-bond donors (Lipinski definition) is 1. The molecule has 2 aromatic rings. The largest absolute Gasteiger partial charge is 0.454 e. The molecule has 0 saturated heterocycles. The number of nitrogens with one attached hydrogen (secondary N) is 1. The van der Waals surface area contributed by atoms with E-state index in [2.05, 4.69) is 5.32 Å². The Morgan fingerprint density at radius 1 is 1.12 bits per heavy atom. The zero-order valence-electron chi connectivity index (χ0n) is 13.6. The number of esters is 1. The Hall–Kier alpha value is -2.67. The molecule has 2 aromatic carbocycles. The zero-order chi connectivity index (χ0) is 17.6. The molecule has 0 bridgehead atoms. The molecule has 130 valence electrons. The van der Waals surface area contributed by atoms with E-state index in [4.69, 9.17) is 14.2 Å². The summed E-state index contributed by atoms with van der Waals surface area (Å²) in [5, 5.41) is 2.70. The highest BCUT2D eigenvalue weighted by Crippen LogP contribution is 2.32. The van der Waals surface area contributed by atoms with Crippen LogP contribution in [0, 0.1) is 0 Å². The second-order valence-electron chi connectivity index (χ2n) is 5.27. The summed E-state index contributed by atoms with van der Waals surface area (Å²) < 4.78 is 15.5. The fraction of sp³-hybridized carbons (Fsp3) is 0.222. The van der Waals surface area contributed by atoms with Crippen LogP contribution < -0.4 is 14.8 Å². The van der Waals surface area contributed by atoms with E-state index >= 15 is 0 Å². The molecule has 1 N–H and O–H groups in total. The van der Waals surface area contributed by atoms with E-state index in [-0.39, 0.29) is 19.3 Å². The predicted molar refractivity (Wildman–Crippen MR) is 92.9 cm³/mol. The molecule has 0 unspecified atom stereocenters. The molecule has 1 aliphatic heterocycles. The van der Waals surface area contributed by atoms with Gasteiger partial charge in [-0.3, -0.25) is 4.79 Å². The highest BCUT2D eigenvalue weighted by molar-refractivity contribution is 7.98. The first-order valence-electron chi connectivity index (χ1n) is 7.62. The van der Waals surface area contributed by atoms with Crippen molar-refractivity contribution in [2.45, 2.75) is 11.4 Å². The Kier molecular flexibility index (Phi) is 5.45. The van der Waals surface area contributed by atoms with Crippen LogP contribution in [0.4, 0.5) is 0 Å². The molecule has 0 radical (unpaired) electrons. The lowest BCUT2D eigenvalue weighted by atomic mass is 10.2. The van der Waals surface area contributed by atoms with Crippen molar-refractivity contribution >= 4 is 23.6 Å². The summed E-state index contributed by atoms with van der Waals surface area (Å²) in [5.74, 6) is 0.459. The van der Waals surface area contributed by atoms with Crippen molar-refractivity contribution < 1.29 is 23.8 Å². The number of rotatable bonds is 6. The first-order chi connectivity index (χ1) is 12.2. The maximum atomic E-state index is 11.9. The van der Waals surface area contributed by atoms with E-state index in [1.54, 1.807) is 30.0 Å². The van der Waals surface area contributed by atoms with E-state index in [0.717, 1.165) is 10.5 Å². The maximum absolute atomic E-state index is 11.9. The van der Waals surface area contributed by atoms with Gasteiger partial charge in [-0.1, -0.05) is 6.07 Å². The van der Waals surface area contributed by atoms with Crippen molar-refractivity contribution in [2.24, 2.45) is 0 Å². The monoisotopic (exact) mass is 359 g/mol. The lowest BCUT2D eigenvalue weighted by Gasteiger charge is -2.07. The van der Waals surface area contributed by atoms with Crippen molar-refractivity contribution in [3.05, 3.63) is 53.6 Å². The number of amides is 1. The number of carbonyl (C=O) groups is 2. The smallest absolute Gasteiger partial charge is 0.338 e. The van der Waals surface area contributed by atoms with Crippen LogP contribution in [0.15, 0.2) is 47.4 Å². The van der Waals surface area contributed by atoms with Gasteiger partial charge in [-0.05, 0) is 48.2 Å². The van der Waals surface area contributed by atoms with Gasteiger partial charge in [0.15, 0.2) is 18.1 Å². The van der Waals surface area contributed by atoms with Gasteiger partial charge in [0, 0.05) is 11.4 Å². The van der Waals surface area contributed by atoms with Gasteiger partial charge in [-0.15, -0.1) is 11.8 Å². The van der Waals surface area contributed by atoms with Crippen LogP contribution in [0.1, 0.15) is 15.9 Å². The number of carbonyl (C=O) groups excluding carboxylic acids is 2. The Bertz CT molecular complexity index is 776. The van der Waals surface area contributed by atoms with Crippen LogP contribution in [0.5, 0.6) is 11.5 Å². The second-order valence-corrected chi connectivity index (χ2v) is 6.15. The molecular formula is C18H17NO5S. The lowest BCUT2D eigenvalue weighted by Crippen LogP contribution is -2.28. The Morgan fingerprint density at radius 3 is 2.64 bits per heavy atom. The standard InChI is InChI=1S/C18H17NO5S/c1-25-14-5-3-13(4-6-14)18(21)22-10-17(20)19-9-12-2-7-15-16(8-12)24-11-23-15/h2-8H,9-11H2,1H3,(H,19,20). The summed E-state index contributed by atoms with van der Waals surface area (Å²) in [7, 11) is 0. The van der Waals surface area contributed by atoms with Crippen LogP contribution in [-0.4, -0.2) is 31.5 Å². The van der Waals surface area contributed by atoms with Gasteiger partial charge in [0.1, 0.15) is 0 Å². The minimum absolute atomic E-state index is 0.207. The lowest BCUT2D eigenvalue weighted by molar-refractivity contribution is -0.124. The van der Waals surface area contributed by atoms with E-state index in [1.807, 2.05) is 30.5 Å². The molecule has 0 fully saturated rings. The van der Waals surface area contributed by atoms with Gasteiger partial charge in [-0.2, -0.15) is 0 Å². The molecule has 0 aromatic heterocycles. The molecule has 0 spiro atoms. The molecule has 0 aliphatic carbocycles. The maximum Gasteiger partial charge on any atom is 0.338 e. The molecule has 1 amide bonds. The average Bonchev–Trinajstić information content (AvgIpc) is 3.12. The van der Waals surface area contributed by atoms with E-state index < -0.39 is 5.97 Å². The average molecular weight is 359 g/mol. The summed E-state index contributed by atoms with van der Waals surface area (Å²) >= 11 is 1.59. The number of hydrogen-bond acceptors (Lipinski definition) is 6. The number of ether oxygens (including phenoxy) is 3. The van der Waals surface area contributed by atoms with Crippen molar-refractivity contribution in [1.29, 1.82) is 0 Å². The van der Waals surface area contributed by atoms with E-state index in [1.165, 1.54) is 0 Å². The topological polar surface area (TPSA) is 73.9 Å². The minimum Gasteiger partial charge on any atom is -0.454 e. The molecule has 25 heavy (non-hydrogen) atoms. The van der Waals surface area contributed by atoms with Crippen molar-refractivity contribution in [3.8, 4) is 11.5 Å². The zero-order valence-corrected chi connectivity index (χ0v) is 14.4. The van der Waals surface area contributed by atoms with Gasteiger partial charge < -0.3 is 19.5 Å². The first-order valence-corrected chi connectivity index (χ1v) is 8.84. The van der Waals surface area contributed by atoms with Crippen LogP contribution in [0.2, 0.25) is 0 Å².